The van der Waals surface area contributed by atoms with Crippen molar-refractivity contribution in [1.29, 1.82) is 0 Å². The van der Waals surface area contributed by atoms with Crippen LogP contribution in [-0.2, 0) is 14.3 Å². The van der Waals surface area contributed by atoms with Gasteiger partial charge in [0.25, 0.3) is 5.91 Å². The van der Waals surface area contributed by atoms with Gasteiger partial charge in [0.15, 0.2) is 23.8 Å². The van der Waals surface area contributed by atoms with Crippen molar-refractivity contribution in [3.63, 3.8) is 0 Å². The van der Waals surface area contributed by atoms with Crippen LogP contribution < -0.4 is 14.2 Å². The second-order valence-corrected chi connectivity index (χ2v) is 8.71. The summed E-state index contributed by atoms with van der Waals surface area (Å²) in [5, 5.41) is 0. The van der Waals surface area contributed by atoms with Gasteiger partial charge in [0.1, 0.15) is 5.75 Å². The molecule has 0 aliphatic carbocycles. The average molecular weight is 495 g/mol. The average Bonchev–Trinajstić information content (AvgIpc) is 3.19. The molecular formula is C28H34N2O6. The molecule has 0 radical (unpaired) electrons. The highest BCUT2D eigenvalue weighted by Crippen LogP contribution is 2.30. The van der Waals surface area contributed by atoms with E-state index in [9.17, 15) is 9.59 Å². The molecule has 0 bridgehead atoms. The zero-order valence-electron chi connectivity index (χ0n) is 21.7. The van der Waals surface area contributed by atoms with Gasteiger partial charge in [-0.05, 0) is 89.6 Å². The van der Waals surface area contributed by atoms with E-state index < -0.39 is 5.97 Å². The molecule has 1 amide bonds. The lowest BCUT2D eigenvalue weighted by Gasteiger charge is -2.30. The summed E-state index contributed by atoms with van der Waals surface area (Å²) in [4.78, 5) is 31.3. The number of hydrogen-bond acceptors (Lipinski definition) is 7. The Bertz CT molecular complexity index is 1130. The molecule has 0 aromatic heterocycles. The normalized spacial score (nSPS) is 14.2. The third-order valence-corrected chi connectivity index (χ3v) is 5.36. The van der Waals surface area contributed by atoms with Crippen LogP contribution in [0.2, 0.25) is 0 Å². The Balaban J connectivity index is 1.78. The van der Waals surface area contributed by atoms with Crippen LogP contribution in [0.25, 0.3) is 6.08 Å². The Kier molecular flexibility index (Phi) is 9.11. The van der Waals surface area contributed by atoms with E-state index in [2.05, 4.69) is 4.99 Å². The van der Waals surface area contributed by atoms with Crippen LogP contribution in [0.3, 0.4) is 0 Å². The second kappa shape index (κ2) is 12.2. The molecule has 0 saturated heterocycles. The molecule has 0 fully saturated rings. The van der Waals surface area contributed by atoms with Crippen LogP contribution in [0, 0.1) is 0 Å². The molecule has 8 nitrogen and oxygen atoms in total. The third kappa shape index (κ3) is 6.65. The maximum Gasteiger partial charge on any atom is 0.363 e. The minimum Gasteiger partial charge on any atom is -0.494 e. The van der Waals surface area contributed by atoms with E-state index in [1.54, 1.807) is 53.4 Å². The summed E-state index contributed by atoms with van der Waals surface area (Å²) in [6.45, 7) is 12.6. The van der Waals surface area contributed by atoms with E-state index in [1.165, 1.54) is 0 Å². The number of cyclic esters (lactones) is 1. The van der Waals surface area contributed by atoms with Crippen molar-refractivity contribution in [2.75, 3.05) is 19.8 Å². The van der Waals surface area contributed by atoms with E-state index in [1.807, 2.05) is 41.5 Å². The molecule has 1 aliphatic rings. The molecule has 3 rings (SSSR count). The Labute approximate surface area is 212 Å². The van der Waals surface area contributed by atoms with Gasteiger partial charge in [-0.2, -0.15) is 0 Å². The number of esters is 1. The first kappa shape index (κ1) is 26.8. The highest BCUT2D eigenvalue weighted by atomic mass is 16.6. The van der Waals surface area contributed by atoms with Crippen molar-refractivity contribution in [3.05, 3.63) is 59.3 Å². The van der Waals surface area contributed by atoms with Crippen molar-refractivity contribution in [1.82, 2.24) is 4.90 Å². The number of carbonyl (C=O) groups is 2. The molecule has 0 N–H and O–H groups in total. The quantitative estimate of drug-likeness (QED) is 0.328. The zero-order chi connectivity index (χ0) is 26.2. The number of amides is 1. The topological polar surface area (TPSA) is 86.7 Å². The van der Waals surface area contributed by atoms with Crippen LogP contribution >= 0.6 is 0 Å². The SMILES string of the molecule is CCOc1ccc(C2=N/C(=C\c3ccc(OCC(=O)N(C(C)C)C(C)C)c(OCC)c3)C(=O)O2)cc1. The van der Waals surface area contributed by atoms with Gasteiger partial charge in [-0.3, -0.25) is 4.79 Å². The van der Waals surface area contributed by atoms with Gasteiger partial charge in [0, 0.05) is 17.6 Å². The number of nitrogens with zero attached hydrogens (tertiary/aromatic N) is 2. The van der Waals surface area contributed by atoms with E-state index in [0.29, 0.717) is 35.8 Å². The number of ether oxygens (including phenoxy) is 4. The standard InChI is InChI=1S/C28H34N2O6/c1-7-33-22-12-10-21(11-13-22)27-29-23(28(32)36-27)15-20-9-14-24(25(16-20)34-8-2)35-17-26(31)30(18(3)4)19(5)6/h9-16,18-19H,7-8,17H2,1-6H3/b23-15-. The first-order valence-electron chi connectivity index (χ1n) is 12.2. The summed E-state index contributed by atoms with van der Waals surface area (Å²) >= 11 is 0. The summed E-state index contributed by atoms with van der Waals surface area (Å²) in [5.41, 5.74) is 1.54. The molecule has 0 atom stereocenters. The molecule has 0 saturated carbocycles. The minimum atomic E-state index is -0.537. The predicted octanol–water partition coefficient (Wildman–Crippen LogP) is 4.85. The molecular weight excluding hydrogens is 460 g/mol. The Hall–Kier alpha value is -3.81. The highest BCUT2D eigenvalue weighted by Gasteiger charge is 2.25. The first-order valence-corrected chi connectivity index (χ1v) is 12.2. The monoisotopic (exact) mass is 494 g/mol. The molecule has 192 valence electrons. The fraction of sp³-hybridized carbons (Fsp3) is 0.393. The molecule has 2 aromatic rings. The fourth-order valence-electron chi connectivity index (χ4n) is 3.94. The van der Waals surface area contributed by atoms with Crippen LogP contribution in [0.1, 0.15) is 52.7 Å². The lowest BCUT2D eigenvalue weighted by molar-refractivity contribution is -0.137. The van der Waals surface area contributed by atoms with Gasteiger partial charge in [0.05, 0.1) is 13.2 Å². The Morgan fingerprint density at radius 3 is 2.22 bits per heavy atom. The molecule has 8 heteroatoms. The molecule has 1 aliphatic heterocycles. The van der Waals surface area contributed by atoms with Crippen LogP contribution in [0.4, 0.5) is 0 Å². The van der Waals surface area contributed by atoms with E-state index in [0.717, 1.165) is 5.75 Å². The van der Waals surface area contributed by atoms with Crippen molar-refractivity contribution in [2.45, 2.75) is 53.6 Å². The van der Waals surface area contributed by atoms with Crippen molar-refractivity contribution >= 4 is 23.9 Å². The lowest BCUT2D eigenvalue weighted by Crippen LogP contribution is -2.44. The van der Waals surface area contributed by atoms with Gasteiger partial charge in [-0.25, -0.2) is 9.79 Å². The largest absolute Gasteiger partial charge is 0.494 e. The van der Waals surface area contributed by atoms with E-state index >= 15 is 0 Å². The van der Waals surface area contributed by atoms with Gasteiger partial charge < -0.3 is 23.8 Å². The van der Waals surface area contributed by atoms with Gasteiger partial charge in [-0.1, -0.05) is 6.07 Å². The van der Waals surface area contributed by atoms with Crippen molar-refractivity contribution < 1.29 is 28.5 Å². The maximum absolute atomic E-state index is 12.7. The molecule has 0 unspecified atom stereocenters. The molecule has 0 spiro atoms. The smallest absolute Gasteiger partial charge is 0.363 e. The van der Waals surface area contributed by atoms with Crippen molar-refractivity contribution in [2.24, 2.45) is 4.99 Å². The fourth-order valence-corrected chi connectivity index (χ4v) is 3.94. The van der Waals surface area contributed by atoms with E-state index in [4.69, 9.17) is 18.9 Å². The summed E-state index contributed by atoms with van der Waals surface area (Å²) in [7, 11) is 0. The van der Waals surface area contributed by atoms with Crippen LogP contribution in [-0.4, -0.2) is 54.6 Å². The summed E-state index contributed by atoms with van der Waals surface area (Å²) < 4.78 is 22.4. The number of carbonyl (C=O) groups excluding carboxylic acids is 2. The van der Waals surface area contributed by atoms with Gasteiger partial charge >= 0.3 is 5.97 Å². The maximum atomic E-state index is 12.7. The van der Waals surface area contributed by atoms with Gasteiger partial charge in [-0.15, -0.1) is 0 Å². The molecule has 2 aromatic carbocycles. The number of aliphatic imine (C=N–C) groups is 1. The second-order valence-electron chi connectivity index (χ2n) is 8.71. The molecule has 36 heavy (non-hydrogen) atoms. The highest BCUT2D eigenvalue weighted by molar-refractivity contribution is 6.12. The predicted molar refractivity (Wildman–Crippen MR) is 138 cm³/mol. The zero-order valence-corrected chi connectivity index (χ0v) is 21.7. The minimum absolute atomic E-state index is 0.0701. The summed E-state index contributed by atoms with van der Waals surface area (Å²) in [6.07, 6.45) is 1.63. The molecule has 1 heterocycles. The third-order valence-electron chi connectivity index (χ3n) is 5.36. The van der Waals surface area contributed by atoms with Gasteiger partial charge in [0.2, 0.25) is 5.90 Å². The van der Waals surface area contributed by atoms with E-state index in [-0.39, 0.29) is 36.2 Å². The van der Waals surface area contributed by atoms with Crippen LogP contribution in [0.5, 0.6) is 17.2 Å². The Morgan fingerprint density at radius 1 is 0.944 bits per heavy atom. The number of benzene rings is 2. The number of hydrogen-bond donors (Lipinski definition) is 0. The lowest BCUT2D eigenvalue weighted by atomic mass is 10.1. The first-order chi connectivity index (χ1) is 17.2. The summed E-state index contributed by atoms with van der Waals surface area (Å²) in [6, 6.07) is 12.6. The summed E-state index contributed by atoms with van der Waals surface area (Å²) in [5.74, 6) is 1.26. The Morgan fingerprint density at radius 2 is 1.61 bits per heavy atom. The van der Waals surface area contributed by atoms with Crippen molar-refractivity contribution in [3.8, 4) is 17.2 Å². The van der Waals surface area contributed by atoms with Crippen LogP contribution in [0.15, 0.2) is 53.2 Å². The number of rotatable bonds is 11.